The summed E-state index contributed by atoms with van der Waals surface area (Å²) in [6.07, 6.45) is 3.31. The number of primary amides is 1. The summed E-state index contributed by atoms with van der Waals surface area (Å²) in [5, 5.41) is 0. The van der Waals surface area contributed by atoms with Crippen molar-refractivity contribution >= 4 is 21.8 Å². The molecule has 3 rings (SSSR count). The summed E-state index contributed by atoms with van der Waals surface area (Å²) in [7, 11) is 0. The molecule has 0 spiro atoms. The van der Waals surface area contributed by atoms with Crippen LogP contribution in [0.15, 0.2) is 29.0 Å². The highest BCUT2D eigenvalue weighted by molar-refractivity contribution is 9.10. The molecule has 1 atom stereocenters. The van der Waals surface area contributed by atoms with E-state index in [-0.39, 0.29) is 5.92 Å². The van der Waals surface area contributed by atoms with E-state index in [0.29, 0.717) is 12.2 Å². The number of pyridine rings is 2. The highest BCUT2D eigenvalue weighted by atomic mass is 79.9. The number of nitrogens with two attached hydrogens (primary N) is 1. The van der Waals surface area contributed by atoms with Crippen molar-refractivity contribution < 1.29 is 9.53 Å². The van der Waals surface area contributed by atoms with Crippen LogP contribution in [0.25, 0.3) is 0 Å². The van der Waals surface area contributed by atoms with Crippen molar-refractivity contribution in [1.82, 2.24) is 9.97 Å². The molecule has 2 N–H and O–H groups in total. The lowest BCUT2D eigenvalue weighted by Gasteiger charge is -2.14. The van der Waals surface area contributed by atoms with E-state index < -0.39 is 5.91 Å². The topological polar surface area (TPSA) is 78.1 Å². The first-order valence-electron chi connectivity index (χ1n) is 6.11. The third kappa shape index (κ3) is 2.06. The summed E-state index contributed by atoms with van der Waals surface area (Å²) in [6.45, 7) is 2.30. The maximum absolute atomic E-state index is 11.6. The predicted molar refractivity (Wildman–Crippen MR) is 76.8 cm³/mol. The smallest absolute Gasteiger partial charge is 0.249 e. The summed E-state index contributed by atoms with van der Waals surface area (Å²) in [5.74, 6) is 0.147. The lowest BCUT2D eigenvalue weighted by molar-refractivity contribution is 0.0999. The molecule has 0 radical (unpaired) electrons. The molecule has 2 aromatic heterocycles. The molecular formula is C14H12BrN3O2. The highest BCUT2D eigenvalue weighted by Crippen LogP contribution is 2.39. The van der Waals surface area contributed by atoms with Gasteiger partial charge in [0.2, 0.25) is 5.91 Å². The number of hydrogen-bond acceptors (Lipinski definition) is 4. The van der Waals surface area contributed by atoms with Crippen molar-refractivity contribution in [2.75, 3.05) is 6.61 Å². The van der Waals surface area contributed by atoms with E-state index in [1.807, 2.05) is 13.0 Å². The molecule has 0 saturated heterocycles. The number of halogens is 1. The molecule has 6 heteroatoms. The van der Waals surface area contributed by atoms with Crippen molar-refractivity contribution in [1.29, 1.82) is 0 Å². The minimum atomic E-state index is -0.462. The number of aryl methyl sites for hydroxylation is 1. The fraction of sp³-hybridized carbons (Fsp3) is 0.214. The van der Waals surface area contributed by atoms with Crippen molar-refractivity contribution in [2.45, 2.75) is 12.8 Å². The van der Waals surface area contributed by atoms with Gasteiger partial charge in [-0.2, -0.15) is 0 Å². The second-order valence-electron chi connectivity index (χ2n) is 4.62. The van der Waals surface area contributed by atoms with Gasteiger partial charge in [-0.3, -0.25) is 14.8 Å². The zero-order valence-electron chi connectivity index (χ0n) is 10.8. The first kappa shape index (κ1) is 13.1. The molecule has 1 amide bonds. The quantitative estimate of drug-likeness (QED) is 0.913. The van der Waals surface area contributed by atoms with Crippen LogP contribution in [-0.4, -0.2) is 22.5 Å². The third-order valence-electron chi connectivity index (χ3n) is 3.39. The van der Waals surface area contributed by atoms with Crippen LogP contribution in [0.3, 0.4) is 0 Å². The minimum absolute atomic E-state index is 0.116. The Balaban J connectivity index is 2.15. The van der Waals surface area contributed by atoms with Gasteiger partial charge in [0.1, 0.15) is 12.4 Å². The summed E-state index contributed by atoms with van der Waals surface area (Å²) in [5.41, 5.74) is 8.32. The molecule has 1 unspecified atom stereocenters. The first-order valence-corrected chi connectivity index (χ1v) is 6.90. The van der Waals surface area contributed by atoms with Gasteiger partial charge >= 0.3 is 0 Å². The molecule has 5 nitrogen and oxygen atoms in total. The number of hydrogen-bond donors (Lipinski definition) is 1. The van der Waals surface area contributed by atoms with Crippen molar-refractivity contribution in [2.24, 2.45) is 5.73 Å². The largest absolute Gasteiger partial charge is 0.491 e. The van der Waals surface area contributed by atoms with E-state index in [2.05, 4.69) is 25.9 Å². The predicted octanol–water partition coefficient (Wildman–Crippen LogP) is 2.17. The Bertz CT molecular complexity index is 703. The third-order valence-corrected chi connectivity index (χ3v) is 3.82. The Morgan fingerprint density at radius 1 is 1.50 bits per heavy atom. The molecule has 1 aliphatic heterocycles. The number of aromatic nitrogens is 2. The molecule has 2 aromatic rings. The number of carbonyl (C=O) groups excluding carboxylic acids is 1. The average molecular weight is 334 g/mol. The number of fused-ring (bicyclic) bond motifs is 1. The van der Waals surface area contributed by atoms with Gasteiger partial charge < -0.3 is 10.5 Å². The van der Waals surface area contributed by atoms with Gasteiger partial charge in [0.15, 0.2) is 0 Å². The minimum Gasteiger partial charge on any atom is -0.491 e. The summed E-state index contributed by atoms with van der Waals surface area (Å²) in [6, 6.07) is 3.51. The second-order valence-corrected chi connectivity index (χ2v) is 5.54. The standard InChI is InChI=1S/C14H12BrN3O2/c1-7-12(9(14(16)19)2-3-17-7)10-6-20-11-4-8(15)5-18-13(10)11/h2-5,10H,6H2,1H3,(H2,16,19). The van der Waals surface area contributed by atoms with Crippen LogP contribution in [0.4, 0.5) is 0 Å². The van der Waals surface area contributed by atoms with Gasteiger partial charge in [0.25, 0.3) is 0 Å². The Morgan fingerprint density at radius 3 is 3.05 bits per heavy atom. The maximum atomic E-state index is 11.6. The highest BCUT2D eigenvalue weighted by Gasteiger charge is 2.31. The van der Waals surface area contributed by atoms with Crippen LogP contribution in [0, 0.1) is 6.92 Å². The monoisotopic (exact) mass is 333 g/mol. The van der Waals surface area contributed by atoms with E-state index in [0.717, 1.165) is 27.2 Å². The van der Waals surface area contributed by atoms with E-state index in [9.17, 15) is 4.79 Å². The number of amides is 1. The summed E-state index contributed by atoms with van der Waals surface area (Å²) < 4.78 is 6.52. The molecule has 0 aromatic carbocycles. The SMILES string of the molecule is Cc1nccc(C(N)=O)c1C1COc2cc(Br)cnc21. The van der Waals surface area contributed by atoms with Crippen LogP contribution < -0.4 is 10.5 Å². The van der Waals surface area contributed by atoms with Crippen molar-refractivity contribution in [3.8, 4) is 5.75 Å². The molecule has 0 fully saturated rings. The van der Waals surface area contributed by atoms with Crippen LogP contribution in [-0.2, 0) is 0 Å². The van der Waals surface area contributed by atoms with Crippen LogP contribution >= 0.6 is 15.9 Å². The van der Waals surface area contributed by atoms with Gasteiger partial charge in [0, 0.05) is 28.1 Å². The maximum Gasteiger partial charge on any atom is 0.249 e. The Labute approximate surface area is 124 Å². The molecule has 0 saturated carbocycles. The molecule has 3 heterocycles. The van der Waals surface area contributed by atoms with Gasteiger partial charge in [-0.05, 0) is 40.5 Å². The number of ether oxygens (including phenoxy) is 1. The van der Waals surface area contributed by atoms with Gasteiger partial charge in [0.05, 0.1) is 11.6 Å². The van der Waals surface area contributed by atoms with Crippen LogP contribution in [0.1, 0.15) is 33.2 Å². The molecule has 102 valence electrons. The average Bonchev–Trinajstić information content (AvgIpc) is 2.81. The normalized spacial score (nSPS) is 16.6. The molecule has 20 heavy (non-hydrogen) atoms. The van der Waals surface area contributed by atoms with Gasteiger partial charge in [-0.15, -0.1) is 0 Å². The molecular weight excluding hydrogens is 322 g/mol. The van der Waals surface area contributed by atoms with E-state index >= 15 is 0 Å². The van der Waals surface area contributed by atoms with E-state index in [4.69, 9.17) is 10.5 Å². The number of rotatable bonds is 2. The van der Waals surface area contributed by atoms with Crippen molar-refractivity contribution in [3.63, 3.8) is 0 Å². The Morgan fingerprint density at radius 2 is 2.30 bits per heavy atom. The van der Waals surface area contributed by atoms with Gasteiger partial charge in [-0.1, -0.05) is 0 Å². The van der Waals surface area contributed by atoms with E-state index in [1.165, 1.54) is 0 Å². The fourth-order valence-electron chi connectivity index (χ4n) is 2.51. The lowest BCUT2D eigenvalue weighted by Crippen LogP contribution is -2.18. The summed E-state index contributed by atoms with van der Waals surface area (Å²) in [4.78, 5) is 20.3. The summed E-state index contributed by atoms with van der Waals surface area (Å²) >= 11 is 3.36. The first-order chi connectivity index (χ1) is 9.58. The number of nitrogens with zero attached hydrogens (tertiary/aromatic N) is 2. The molecule has 0 aliphatic carbocycles. The zero-order valence-corrected chi connectivity index (χ0v) is 12.3. The van der Waals surface area contributed by atoms with Crippen LogP contribution in [0.5, 0.6) is 5.75 Å². The fourth-order valence-corrected chi connectivity index (χ4v) is 2.82. The van der Waals surface area contributed by atoms with Gasteiger partial charge in [-0.25, -0.2) is 0 Å². The zero-order chi connectivity index (χ0) is 14.3. The second kappa shape index (κ2) is 4.86. The number of carbonyl (C=O) groups is 1. The molecule has 0 bridgehead atoms. The molecule has 1 aliphatic rings. The van der Waals surface area contributed by atoms with Crippen LogP contribution in [0.2, 0.25) is 0 Å². The van der Waals surface area contributed by atoms with Crippen molar-refractivity contribution in [3.05, 3.63) is 51.5 Å². The lowest BCUT2D eigenvalue weighted by atomic mass is 9.91. The Kier molecular flexibility index (Phi) is 3.17. The Hall–Kier alpha value is -1.95. The van der Waals surface area contributed by atoms with E-state index in [1.54, 1.807) is 18.5 Å².